The van der Waals surface area contributed by atoms with Crippen LogP contribution in [0, 0.1) is 0 Å². The first-order valence-corrected chi connectivity index (χ1v) is 15.5. The van der Waals surface area contributed by atoms with Gasteiger partial charge < -0.3 is 18.9 Å². The van der Waals surface area contributed by atoms with Gasteiger partial charge in [0.05, 0.1) is 11.0 Å². The van der Waals surface area contributed by atoms with Crippen molar-refractivity contribution in [2.45, 2.75) is 90.1 Å². The number of benzene rings is 2. The Morgan fingerprint density at radius 1 is 0.902 bits per heavy atom. The Labute approximate surface area is 248 Å². The van der Waals surface area contributed by atoms with Gasteiger partial charge in [-0.2, -0.15) is 0 Å². The molecule has 9 heteroatoms. The van der Waals surface area contributed by atoms with Crippen LogP contribution in [-0.4, -0.2) is 58.2 Å². The smallest absolute Gasteiger partial charge is 0.414 e. The summed E-state index contributed by atoms with van der Waals surface area (Å²) in [5.41, 5.74) is 2.59. The van der Waals surface area contributed by atoms with Gasteiger partial charge in [0.15, 0.2) is 5.16 Å². The highest BCUT2D eigenvalue weighted by Crippen LogP contribution is 2.28. The topological polar surface area (TPSA) is 76.9 Å². The Kier molecular flexibility index (Phi) is 9.89. The monoisotopic (exact) mass is 580 g/mol. The molecule has 1 aliphatic heterocycles. The number of nitrogens with zero attached hydrogens (tertiary/aromatic N) is 4. The minimum absolute atomic E-state index is 0.0908. The number of anilines is 2. The summed E-state index contributed by atoms with van der Waals surface area (Å²) in [6.07, 6.45) is 4.08. The molecule has 1 saturated heterocycles. The molecule has 1 amide bonds. The summed E-state index contributed by atoms with van der Waals surface area (Å²) >= 11 is 1.57. The van der Waals surface area contributed by atoms with Gasteiger partial charge in [-0.15, -0.1) is 0 Å². The maximum atomic E-state index is 13.2. The molecule has 0 radical (unpaired) electrons. The Balaban J connectivity index is 1.45. The summed E-state index contributed by atoms with van der Waals surface area (Å²) in [4.78, 5) is 34.8. The first kappa shape index (κ1) is 30.8. The average molecular weight is 581 g/mol. The number of ether oxygens (including phenoxy) is 2. The third-order valence-electron chi connectivity index (χ3n) is 6.58. The summed E-state index contributed by atoms with van der Waals surface area (Å²) in [6.45, 7) is 14.0. The van der Waals surface area contributed by atoms with Crippen LogP contribution >= 0.6 is 11.8 Å². The molecule has 1 aliphatic rings. The highest BCUT2D eigenvalue weighted by atomic mass is 32.2. The van der Waals surface area contributed by atoms with Crippen LogP contribution < -0.4 is 9.80 Å². The van der Waals surface area contributed by atoms with E-state index in [0.29, 0.717) is 18.7 Å². The van der Waals surface area contributed by atoms with Crippen LogP contribution in [0.15, 0.2) is 53.7 Å². The van der Waals surface area contributed by atoms with E-state index < -0.39 is 11.2 Å². The average Bonchev–Trinajstić information content (AvgIpc) is 3.24. The molecule has 3 aromatic rings. The summed E-state index contributed by atoms with van der Waals surface area (Å²) in [7, 11) is 0. The minimum Gasteiger partial charge on any atom is -0.459 e. The number of rotatable bonds is 9. The second-order valence-corrected chi connectivity index (χ2v) is 13.5. The summed E-state index contributed by atoms with van der Waals surface area (Å²) in [5, 5.41) is 0.756. The van der Waals surface area contributed by atoms with Gasteiger partial charge in [0, 0.05) is 36.8 Å². The van der Waals surface area contributed by atoms with E-state index in [1.54, 1.807) is 16.7 Å². The maximum absolute atomic E-state index is 13.2. The molecule has 1 aromatic heterocycles. The van der Waals surface area contributed by atoms with E-state index in [1.807, 2.05) is 82.5 Å². The van der Waals surface area contributed by atoms with E-state index in [1.165, 1.54) is 24.9 Å². The van der Waals surface area contributed by atoms with Gasteiger partial charge in [0.1, 0.15) is 17.7 Å². The molecule has 0 bridgehead atoms. The van der Waals surface area contributed by atoms with Crippen LogP contribution in [0.25, 0.3) is 11.0 Å². The van der Waals surface area contributed by atoms with Crippen LogP contribution in [0.1, 0.15) is 67.2 Å². The molecule has 8 nitrogen and oxygen atoms in total. The van der Waals surface area contributed by atoms with Gasteiger partial charge in [-0.25, -0.2) is 9.78 Å². The molecule has 0 unspecified atom stereocenters. The Bertz CT molecular complexity index is 1320. The summed E-state index contributed by atoms with van der Waals surface area (Å²) in [5.74, 6) is 0.412. The van der Waals surface area contributed by atoms with Crippen molar-refractivity contribution < 1.29 is 19.1 Å². The van der Waals surface area contributed by atoms with Crippen molar-refractivity contribution in [3.8, 4) is 0 Å². The normalized spacial score (nSPS) is 14.2. The van der Waals surface area contributed by atoms with Crippen LogP contribution in [0.5, 0.6) is 0 Å². The number of carbonyl (C=O) groups excluding carboxylic acids is 2. The van der Waals surface area contributed by atoms with E-state index in [-0.39, 0.29) is 18.6 Å². The van der Waals surface area contributed by atoms with Crippen molar-refractivity contribution in [2.24, 2.45) is 0 Å². The molecule has 222 valence electrons. The number of hydrogen-bond donors (Lipinski definition) is 0. The summed E-state index contributed by atoms with van der Waals surface area (Å²) in [6, 6.07) is 16.0. The highest BCUT2D eigenvalue weighted by molar-refractivity contribution is 7.99. The third kappa shape index (κ3) is 8.89. The van der Waals surface area contributed by atoms with Crippen LogP contribution in [0.3, 0.4) is 0 Å². The van der Waals surface area contributed by atoms with Gasteiger partial charge in [-0.05, 0) is 104 Å². The predicted molar refractivity (Wildman–Crippen MR) is 167 cm³/mol. The molecule has 41 heavy (non-hydrogen) atoms. The first-order valence-electron chi connectivity index (χ1n) is 14.5. The van der Waals surface area contributed by atoms with Crippen molar-refractivity contribution in [1.82, 2.24) is 9.55 Å². The molecule has 1 fully saturated rings. The number of para-hydroxylation sites is 2. The number of carbonyl (C=O) groups is 2. The quantitative estimate of drug-likeness (QED) is 0.149. The predicted octanol–water partition coefficient (Wildman–Crippen LogP) is 7.29. The number of aromatic nitrogens is 2. The summed E-state index contributed by atoms with van der Waals surface area (Å²) < 4.78 is 13.3. The van der Waals surface area contributed by atoms with Crippen LogP contribution in [0.4, 0.5) is 16.2 Å². The van der Waals surface area contributed by atoms with Crippen molar-refractivity contribution >= 4 is 46.2 Å². The fraction of sp³-hybridized carbons (Fsp3) is 0.531. The lowest BCUT2D eigenvalue weighted by Crippen LogP contribution is -2.37. The molecule has 4 rings (SSSR count). The zero-order valence-corrected chi connectivity index (χ0v) is 26.1. The van der Waals surface area contributed by atoms with Gasteiger partial charge in [-0.3, -0.25) is 9.69 Å². The molecular weight excluding hydrogens is 536 g/mol. The number of amides is 1. The molecule has 0 aliphatic carbocycles. The fourth-order valence-electron chi connectivity index (χ4n) is 4.84. The van der Waals surface area contributed by atoms with Crippen molar-refractivity contribution in [2.75, 3.05) is 35.2 Å². The Morgan fingerprint density at radius 2 is 1.56 bits per heavy atom. The van der Waals surface area contributed by atoms with E-state index in [9.17, 15) is 9.59 Å². The molecule has 2 heterocycles. The molecule has 0 spiro atoms. The number of imidazole rings is 1. The van der Waals surface area contributed by atoms with E-state index in [0.717, 1.165) is 35.0 Å². The number of piperidine rings is 1. The van der Waals surface area contributed by atoms with Gasteiger partial charge in [0.25, 0.3) is 0 Å². The second kappa shape index (κ2) is 13.2. The SMILES string of the molecule is CC(C)(C)OC(=O)Cn1c(SCCCN(C(=O)OC(C)(C)C)c2ccc(N3CCCCC3)cc2)nc2ccccc21. The maximum Gasteiger partial charge on any atom is 0.414 e. The molecular formula is C32H44N4O4S. The Morgan fingerprint density at radius 3 is 2.22 bits per heavy atom. The van der Waals surface area contributed by atoms with E-state index >= 15 is 0 Å². The lowest BCUT2D eigenvalue weighted by Gasteiger charge is -2.30. The highest BCUT2D eigenvalue weighted by Gasteiger charge is 2.24. The van der Waals surface area contributed by atoms with Gasteiger partial charge >= 0.3 is 12.1 Å². The largest absolute Gasteiger partial charge is 0.459 e. The minimum atomic E-state index is -0.593. The Hall–Kier alpha value is -3.20. The van der Waals surface area contributed by atoms with Crippen molar-refractivity contribution in [3.63, 3.8) is 0 Å². The van der Waals surface area contributed by atoms with E-state index in [4.69, 9.17) is 14.5 Å². The zero-order valence-electron chi connectivity index (χ0n) is 25.3. The molecule has 0 saturated carbocycles. The van der Waals surface area contributed by atoms with Crippen LogP contribution in [-0.2, 0) is 20.8 Å². The third-order valence-corrected chi connectivity index (χ3v) is 7.64. The molecule has 2 aromatic carbocycles. The fourth-order valence-corrected chi connectivity index (χ4v) is 5.78. The van der Waals surface area contributed by atoms with Crippen molar-refractivity contribution in [3.05, 3.63) is 48.5 Å². The second-order valence-electron chi connectivity index (χ2n) is 12.5. The number of thioether (sulfide) groups is 1. The lowest BCUT2D eigenvalue weighted by molar-refractivity contribution is -0.155. The lowest BCUT2D eigenvalue weighted by atomic mass is 10.1. The number of hydrogen-bond acceptors (Lipinski definition) is 7. The first-order chi connectivity index (χ1) is 19.4. The van der Waals surface area contributed by atoms with Gasteiger partial charge in [0.2, 0.25) is 0 Å². The van der Waals surface area contributed by atoms with Crippen molar-refractivity contribution in [1.29, 1.82) is 0 Å². The standard InChI is InChI=1S/C32H44N4O4S/c1-31(2,3)39-28(37)23-36-27-14-9-8-13-26(27)33-29(36)41-22-12-21-35(30(38)40-32(4,5)6)25-17-15-24(16-18-25)34-19-10-7-11-20-34/h8-9,13-18H,7,10-12,19-23H2,1-6H3. The van der Waals surface area contributed by atoms with Gasteiger partial charge in [-0.1, -0.05) is 23.9 Å². The number of esters is 1. The van der Waals surface area contributed by atoms with Crippen LogP contribution in [0.2, 0.25) is 0 Å². The zero-order chi connectivity index (χ0) is 29.6. The molecule has 0 N–H and O–H groups in total. The molecule has 0 atom stereocenters. The van der Waals surface area contributed by atoms with E-state index in [2.05, 4.69) is 17.0 Å². The number of fused-ring (bicyclic) bond motifs is 1.